The highest BCUT2D eigenvalue weighted by Gasteiger charge is 2.19. The Kier molecular flexibility index (Phi) is 5.88. The number of amides is 1. The summed E-state index contributed by atoms with van der Waals surface area (Å²) in [5.74, 6) is 0.616. The molecule has 116 valence electrons. The molecule has 0 spiro atoms. The molecule has 4 nitrogen and oxygen atoms in total. The van der Waals surface area contributed by atoms with E-state index in [9.17, 15) is 4.79 Å². The third kappa shape index (κ3) is 4.90. The van der Waals surface area contributed by atoms with Gasteiger partial charge in [-0.25, -0.2) is 0 Å². The first-order valence-corrected chi connectivity index (χ1v) is 7.87. The molecule has 1 heterocycles. The minimum Gasteiger partial charge on any atom is -0.484 e. The molecule has 2 rings (SSSR count). The number of nitrogens with zero attached hydrogens (tertiary/aromatic N) is 1. The van der Waals surface area contributed by atoms with Gasteiger partial charge >= 0.3 is 0 Å². The Bertz CT molecular complexity index is 485. The largest absolute Gasteiger partial charge is 0.484 e. The molecule has 1 N–H and O–H groups in total. The van der Waals surface area contributed by atoms with Crippen molar-refractivity contribution in [1.29, 1.82) is 0 Å². The van der Waals surface area contributed by atoms with Crippen LogP contribution in [-0.2, 0) is 4.79 Å². The zero-order chi connectivity index (χ0) is 15.2. The van der Waals surface area contributed by atoms with Crippen LogP contribution in [0.2, 0.25) is 5.02 Å². The highest BCUT2D eigenvalue weighted by Crippen LogP contribution is 2.20. The Hall–Kier alpha value is -1.26. The predicted molar refractivity (Wildman–Crippen MR) is 85.0 cm³/mol. The number of rotatable bonds is 5. The molecular weight excluding hydrogens is 288 g/mol. The second-order valence-electron chi connectivity index (χ2n) is 5.48. The number of likely N-dealkylation sites (tertiary alicyclic amines) is 1. The molecule has 1 aromatic carbocycles. The van der Waals surface area contributed by atoms with Crippen molar-refractivity contribution in [3.8, 4) is 5.75 Å². The van der Waals surface area contributed by atoms with Crippen molar-refractivity contribution in [1.82, 2.24) is 10.2 Å². The van der Waals surface area contributed by atoms with Crippen LogP contribution in [0.1, 0.15) is 25.3 Å². The van der Waals surface area contributed by atoms with E-state index in [1.165, 1.54) is 0 Å². The van der Waals surface area contributed by atoms with Crippen LogP contribution in [0.4, 0.5) is 0 Å². The summed E-state index contributed by atoms with van der Waals surface area (Å²) in [7, 11) is 0. The lowest BCUT2D eigenvalue weighted by Crippen LogP contribution is -2.45. The number of benzene rings is 1. The van der Waals surface area contributed by atoms with Crippen LogP contribution in [0.5, 0.6) is 5.75 Å². The molecule has 1 aromatic rings. The predicted octanol–water partition coefficient (Wildman–Crippen LogP) is 2.63. The van der Waals surface area contributed by atoms with Gasteiger partial charge in [-0.05, 0) is 50.1 Å². The lowest BCUT2D eigenvalue weighted by atomic mass is 10.1. The Morgan fingerprint density at radius 2 is 2.14 bits per heavy atom. The minimum atomic E-state index is -0.0578. The van der Waals surface area contributed by atoms with E-state index >= 15 is 0 Å². The second-order valence-corrected chi connectivity index (χ2v) is 5.88. The standard InChI is InChI=1S/C16H23ClN2O2/c1-3-19-8-6-13(7-9-19)18-16(20)11-21-14-4-5-15(17)12(2)10-14/h4-5,10,13H,3,6-9,11H2,1-2H3,(H,18,20). The molecule has 1 saturated heterocycles. The number of nitrogens with one attached hydrogen (secondary N) is 1. The van der Waals surface area contributed by atoms with Crippen molar-refractivity contribution in [3.63, 3.8) is 0 Å². The van der Waals surface area contributed by atoms with Gasteiger partial charge in [0.1, 0.15) is 5.75 Å². The van der Waals surface area contributed by atoms with Gasteiger partial charge in [0.05, 0.1) is 0 Å². The van der Waals surface area contributed by atoms with Gasteiger partial charge in [0.2, 0.25) is 0 Å². The van der Waals surface area contributed by atoms with Gasteiger partial charge in [-0.1, -0.05) is 18.5 Å². The first kappa shape index (κ1) is 16.1. The van der Waals surface area contributed by atoms with Gasteiger partial charge in [0.25, 0.3) is 5.91 Å². The molecule has 5 heteroatoms. The number of carbonyl (C=O) groups is 1. The molecule has 0 aromatic heterocycles. The molecular formula is C16H23ClN2O2. The van der Waals surface area contributed by atoms with Gasteiger partial charge in [0, 0.05) is 24.2 Å². The average Bonchev–Trinajstić information content (AvgIpc) is 2.49. The van der Waals surface area contributed by atoms with Crippen LogP contribution in [0.15, 0.2) is 18.2 Å². The summed E-state index contributed by atoms with van der Waals surface area (Å²) in [6.45, 7) is 7.32. The summed E-state index contributed by atoms with van der Waals surface area (Å²) in [5.41, 5.74) is 0.946. The number of hydrogen-bond donors (Lipinski definition) is 1. The number of hydrogen-bond acceptors (Lipinski definition) is 3. The van der Waals surface area contributed by atoms with E-state index in [4.69, 9.17) is 16.3 Å². The first-order valence-electron chi connectivity index (χ1n) is 7.49. The van der Waals surface area contributed by atoms with Crippen molar-refractivity contribution in [2.45, 2.75) is 32.7 Å². The molecule has 1 fully saturated rings. The Morgan fingerprint density at radius 3 is 2.76 bits per heavy atom. The van der Waals surface area contributed by atoms with Crippen LogP contribution in [0.3, 0.4) is 0 Å². The van der Waals surface area contributed by atoms with Gasteiger partial charge < -0.3 is 15.0 Å². The molecule has 0 bridgehead atoms. The van der Waals surface area contributed by atoms with Gasteiger partial charge in [0.15, 0.2) is 6.61 Å². The summed E-state index contributed by atoms with van der Waals surface area (Å²) in [5, 5.41) is 3.75. The summed E-state index contributed by atoms with van der Waals surface area (Å²) in [6, 6.07) is 5.68. The SMILES string of the molecule is CCN1CCC(NC(=O)COc2ccc(Cl)c(C)c2)CC1. The van der Waals surface area contributed by atoms with Crippen LogP contribution >= 0.6 is 11.6 Å². The van der Waals surface area contributed by atoms with Gasteiger partial charge in [-0.2, -0.15) is 0 Å². The highest BCUT2D eigenvalue weighted by molar-refractivity contribution is 6.31. The normalized spacial score (nSPS) is 16.7. The zero-order valence-electron chi connectivity index (χ0n) is 12.7. The fourth-order valence-electron chi connectivity index (χ4n) is 2.52. The number of carbonyl (C=O) groups excluding carboxylic acids is 1. The Morgan fingerprint density at radius 1 is 1.43 bits per heavy atom. The number of ether oxygens (including phenoxy) is 1. The van der Waals surface area contributed by atoms with E-state index < -0.39 is 0 Å². The van der Waals surface area contributed by atoms with Crippen molar-refractivity contribution in [2.75, 3.05) is 26.2 Å². The van der Waals surface area contributed by atoms with E-state index in [2.05, 4.69) is 17.1 Å². The summed E-state index contributed by atoms with van der Waals surface area (Å²) < 4.78 is 5.51. The van der Waals surface area contributed by atoms with E-state index in [0.29, 0.717) is 10.8 Å². The Balaban J connectivity index is 1.73. The topological polar surface area (TPSA) is 41.6 Å². The zero-order valence-corrected chi connectivity index (χ0v) is 13.4. The molecule has 0 unspecified atom stereocenters. The molecule has 0 aliphatic carbocycles. The average molecular weight is 311 g/mol. The summed E-state index contributed by atoms with van der Waals surface area (Å²) >= 11 is 5.96. The molecule has 1 amide bonds. The quantitative estimate of drug-likeness (QED) is 0.909. The third-order valence-electron chi connectivity index (χ3n) is 3.90. The van der Waals surface area contributed by atoms with Crippen molar-refractivity contribution < 1.29 is 9.53 Å². The molecule has 1 aliphatic heterocycles. The van der Waals surface area contributed by atoms with Crippen LogP contribution in [0, 0.1) is 6.92 Å². The fourth-order valence-corrected chi connectivity index (χ4v) is 2.64. The molecule has 0 atom stereocenters. The first-order chi connectivity index (χ1) is 10.1. The molecule has 0 radical (unpaired) electrons. The Labute approximate surface area is 131 Å². The number of halogens is 1. The summed E-state index contributed by atoms with van der Waals surface area (Å²) in [4.78, 5) is 14.3. The second kappa shape index (κ2) is 7.66. The van der Waals surface area contributed by atoms with E-state index in [1.54, 1.807) is 12.1 Å². The molecule has 0 saturated carbocycles. The van der Waals surface area contributed by atoms with Crippen molar-refractivity contribution in [2.24, 2.45) is 0 Å². The van der Waals surface area contributed by atoms with E-state index in [1.807, 2.05) is 13.0 Å². The summed E-state index contributed by atoms with van der Waals surface area (Å²) in [6.07, 6.45) is 2.03. The van der Waals surface area contributed by atoms with Crippen LogP contribution in [0.25, 0.3) is 0 Å². The fraction of sp³-hybridized carbons (Fsp3) is 0.562. The van der Waals surface area contributed by atoms with Crippen molar-refractivity contribution in [3.05, 3.63) is 28.8 Å². The smallest absolute Gasteiger partial charge is 0.258 e. The molecule has 21 heavy (non-hydrogen) atoms. The third-order valence-corrected chi connectivity index (χ3v) is 4.32. The molecule has 1 aliphatic rings. The van der Waals surface area contributed by atoms with Crippen LogP contribution < -0.4 is 10.1 Å². The maximum atomic E-state index is 11.9. The highest BCUT2D eigenvalue weighted by atomic mass is 35.5. The van der Waals surface area contributed by atoms with Crippen molar-refractivity contribution >= 4 is 17.5 Å². The number of aryl methyl sites for hydroxylation is 1. The monoisotopic (exact) mass is 310 g/mol. The number of piperidine rings is 1. The lowest BCUT2D eigenvalue weighted by Gasteiger charge is -2.31. The van der Waals surface area contributed by atoms with Gasteiger partial charge in [-0.3, -0.25) is 4.79 Å². The van der Waals surface area contributed by atoms with Crippen LogP contribution in [-0.4, -0.2) is 43.1 Å². The minimum absolute atomic E-state index is 0.0507. The maximum absolute atomic E-state index is 11.9. The van der Waals surface area contributed by atoms with Gasteiger partial charge in [-0.15, -0.1) is 0 Å². The lowest BCUT2D eigenvalue weighted by molar-refractivity contribution is -0.124. The van der Waals surface area contributed by atoms with E-state index in [-0.39, 0.29) is 18.6 Å². The maximum Gasteiger partial charge on any atom is 0.258 e. The van der Waals surface area contributed by atoms with E-state index in [0.717, 1.165) is 38.0 Å².